The lowest BCUT2D eigenvalue weighted by Crippen LogP contribution is -2.33. The second-order valence-electron chi connectivity index (χ2n) is 3.42. The van der Waals surface area contributed by atoms with Crippen molar-refractivity contribution in [1.29, 1.82) is 0 Å². The van der Waals surface area contributed by atoms with Crippen molar-refractivity contribution in [3.63, 3.8) is 0 Å². The van der Waals surface area contributed by atoms with Gasteiger partial charge in [-0.3, -0.25) is 9.59 Å². The van der Waals surface area contributed by atoms with Gasteiger partial charge < -0.3 is 15.5 Å². The van der Waals surface area contributed by atoms with Crippen LogP contribution in [0, 0.1) is 0 Å². The third kappa shape index (κ3) is 3.57. The summed E-state index contributed by atoms with van der Waals surface area (Å²) in [7, 11) is 0. The Balaban J connectivity index is 2.40. The molecule has 1 rings (SSSR count). The van der Waals surface area contributed by atoms with Gasteiger partial charge in [0.15, 0.2) is 6.61 Å². The molecule has 0 aromatic carbocycles. The molecule has 0 saturated carbocycles. The molecule has 2 amide bonds. The quantitative estimate of drug-likeness (QED) is 0.504. The lowest BCUT2D eigenvalue weighted by atomic mass is 10.4. The topological polar surface area (TPSA) is 85.0 Å². The standard InChI is InChI=1S/C9H15N3O3/c1-7(11-15-6-8(10)13)9(14)12-4-2-3-5-12/h2-6H2,1H3,(H2,10,13). The van der Waals surface area contributed by atoms with E-state index < -0.39 is 5.91 Å². The Morgan fingerprint density at radius 2 is 2.00 bits per heavy atom. The number of nitrogens with two attached hydrogens (primary N) is 1. The van der Waals surface area contributed by atoms with Crippen molar-refractivity contribution >= 4 is 17.5 Å². The maximum atomic E-state index is 11.6. The molecule has 1 heterocycles. The molecule has 0 aromatic rings. The van der Waals surface area contributed by atoms with E-state index in [1.165, 1.54) is 0 Å². The zero-order chi connectivity index (χ0) is 11.3. The number of nitrogens with zero attached hydrogens (tertiary/aromatic N) is 2. The van der Waals surface area contributed by atoms with E-state index in [0.717, 1.165) is 25.9 Å². The summed E-state index contributed by atoms with van der Waals surface area (Å²) in [6.45, 7) is 2.79. The normalized spacial score (nSPS) is 16.6. The minimum absolute atomic E-state index is 0.142. The highest BCUT2D eigenvalue weighted by atomic mass is 16.6. The summed E-state index contributed by atoms with van der Waals surface area (Å²) in [6, 6.07) is 0. The van der Waals surface area contributed by atoms with Crippen LogP contribution < -0.4 is 5.73 Å². The van der Waals surface area contributed by atoms with Gasteiger partial charge in [0.25, 0.3) is 11.8 Å². The maximum Gasteiger partial charge on any atom is 0.271 e. The second kappa shape index (κ2) is 5.33. The van der Waals surface area contributed by atoms with Gasteiger partial charge in [0.2, 0.25) is 0 Å². The third-order valence-electron chi connectivity index (χ3n) is 2.11. The molecule has 0 spiro atoms. The van der Waals surface area contributed by atoms with E-state index in [2.05, 4.69) is 9.99 Å². The molecule has 0 radical (unpaired) electrons. The fourth-order valence-electron chi connectivity index (χ4n) is 1.38. The number of amides is 2. The zero-order valence-electron chi connectivity index (χ0n) is 8.73. The van der Waals surface area contributed by atoms with Gasteiger partial charge in [-0.05, 0) is 19.8 Å². The SMILES string of the molecule is CC(=NOCC(N)=O)C(=O)N1CCCC1. The van der Waals surface area contributed by atoms with Crippen molar-refractivity contribution in [1.82, 2.24) is 4.90 Å². The third-order valence-corrected chi connectivity index (χ3v) is 2.11. The van der Waals surface area contributed by atoms with E-state index in [1.54, 1.807) is 11.8 Å². The van der Waals surface area contributed by atoms with Gasteiger partial charge in [0.1, 0.15) is 5.71 Å². The monoisotopic (exact) mass is 213 g/mol. The van der Waals surface area contributed by atoms with Gasteiger partial charge in [-0.1, -0.05) is 5.16 Å². The van der Waals surface area contributed by atoms with Crippen LogP contribution >= 0.6 is 0 Å². The summed E-state index contributed by atoms with van der Waals surface area (Å²) in [5, 5.41) is 3.53. The summed E-state index contributed by atoms with van der Waals surface area (Å²) in [6.07, 6.45) is 2.06. The summed E-state index contributed by atoms with van der Waals surface area (Å²) in [5.74, 6) is -0.753. The van der Waals surface area contributed by atoms with Crippen molar-refractivity contribution in [2.75, 3.05) is 19.7 Å². The Bertz CT molecular complexity index is 282. The maximum absolute atomic E-state index is 11.6. The van der Waals surface area contributed by atoms with Crippen LogP contribution in [0.25, 0.3) is 0 Å². The smallest absolute Gasteiger partial charge is 0.271 e. The predicted molar refractivity (Wildman–Crippen MR) is 54.1 cm³/mol. The van der Waals surface area contributed by atoms with Crippen LogP contribution in [0.3, 0.4) is 0 Å². The molecular weight excluding hydrogens is 198 g/mol. The van der Waals surface area contributed by atoms with Crippen LogP contribution in [0.5, 0.6) is 0 Å². The first-order chi connectivity index (χ1) is 7.11. The summed E-state index contributed by atoms with van der Waals surface area (Å²) >= 11 is 0. The summed E-state index contributed by atoms with van der Waals surface area (Å²) < 4.78 is 0. The van der Waals surface area contributed by atoms with Gasteiger partial charge in [0, 0.05) is 13.1 Å². The molecule has 1 aliphatic rings. The highest BCUT2D eigenvalue weighted by molar-refractivity contribution is 6.37. The van der Waals surface area contributed by atoms with Crippen molar-refractivity contribution in [2.45, 2.75) is 19.8 Å². The van der Waals surface area contributed by atoms with E-state index in [9.17, 15) is 9.59 Å². The van der Waals surface area contributed by atoms with Gasteiger partial charge in [-0.2, -0.15) is 0 Å². The first-order valence-corrected chi connectivity index (χ1v) is 4.85. The van der Waals surface area contributed by atoms with Crippen LogP contribution in [-0.2, 0) is 14.4 Å². The Labute approximate surface area is 88.0 Å². The van der Waals surface area contributed by atoms with Crippen molar-refractivity contribution in [3.8, 4) is 0 Å². The number of rotatable bonds is 4. The molecule has 0 bridgehead atoms. The number of hydrogen-bond donors (Lipinski definition) is 1. The minimum atomic E-state index is -0.611. The molecule has 2 N–H and O–H groups in total. The zero-order valence-corrected chi connectivity index (χ0v) is 8.73. The van der Waals surface area contributed by atoms with E-state index in [4.69, 9.17) is 5.73 Å². The van der Waals surface area contributed by atoms with Gasteiger partial charge in [0.05, 0.1) is 0 Å². The van der Waals surface area contributed by atoms with Crippen molar-refractivity contribution < 1.29 is 14.4 Å². The molecule has 0 unspecified atom stereocenters. The Morgan fingerprint density at radius 1 is 1.40 bits per heavy atom. The molecule has 1 fully saturated rings. The molecule has 15 heavy (non-hydrogen) atoms. The Hall–Kier alpha value is -1.59. The lowest BCUT2D eigenvalue weighted by Gasteiger charge is -2.13. The number of carbonyl (C=O) groups excluding carboxylic acids is 2. The van der Waals surface area contributed by atoms with E-state index in [-0.39, 0.29) is 18.2 Å². The van der Waals surface area contributed by atoms with Gasteiger partial charge in [-0.15, -0.1) is 0 Å². The first kappa shape index (κ1) is 11.5. The number of likely N-dealkylation sites (tertiary alicyclic amines) is 1. The van der Waals surface area contributed by atoms with Gasteiger partial charge >= 0.3 is 0 Å². The molecule has 84 valence electrons. The van der Waals surface area contributed by atoms with E-state index >= 15 is 0 Å². The first-order valence-electron chi connectivity index (χ1n) is 4.85. The molecule has 0 aromatic heterocycles. The Morgan fingerprint density at radius 3 is 2.53 bits per heavy atom. The van der Waals surface area contributed by atoms with E-state index in [1.807, 2.05) is 0 Å². The molecule has 1 aliphatic heterocycles. The van der Waals surface area contributed by atoms with Crippen molar-refractivity contribution in [3.05, 3.63) is 0 Å². The molecule has 0 atom stereocenters. The number of primary amides is 1. The minimum Gasteiger partial charge on any atom is -0.385 e. The molecule has 6 nitrogen and oxygen atoms in total. The molecule has 1 saturated heterocycles. The van der Waals surface area contributed by atoms with E-state index in [0.29, 0.717) is 0 Å². The average molecular weight is 213 g/mol. The van der Waals surface area contributed by atoms with Crippen LogP contribution in [0.4, 0.5) is 0 Å². The highest BCUT2D eigenvalue weighted by Crippen LogP contribution is 2.07. The van der Waals surface area contributed by atoms with Crippen molar-refractivity contribution in [2.24, 2.45) is 10.9 Å². The largest absolute Gasteiger partial charge is 0.385 e. The fourth-order valence-corrected chi connectivity index (χ4v) is 1.38. The molecular formula is C9H15N3O3. The summed E-state index contributed by atoms with van der Waals surface area (Å²) in [5.41, 5.74) is 5.10. The average Bonchev–Trinajstić information content (AvgIpc) is 2.68. The molecule has 0 aliphatic carbocycles. The molecule has 6 heteroatoms. The summed E-state index contributed by atoms with van der Waals surface area (Å²) in [4.78, 5) is 28.3. The number of oxime groups is 1. The van der Waals surface area contributed by atoms with Crippen LogP contribution in [-0.4, -0.2) is 42.1 Å². The number of hydrogen-bond acceptors (Lipinski definition) is 4. The lowest BCUT2D eigenvalue weighted by molar-refractivity contribution is -0.125. The van der Waals surface area contributed by atoms with Crippen LogP contribution in [0.15, 0.2) is 5.16 Å². The highest BCUT2D eigenvalue weighted by Gasteiger charge is 2.20. The predicted octanol–water partition coefficient (Wildman–Crippen LogP) is -0.513. The number of carbonyl (C=O) groups is 2. The Kier molecular flexibility index (Phi) is 4.08. The fraction of sp³-hybridized carbons (Fsp3) is 0.667. The van der Waals surface area contributed by atoms with Crippen LogP contribution in [0.1, 0.15) is 19.8 Å². The van der Waals surface area contributed by atoms with Gasteiger partial charge in [-0.25, -0.2) is 0 Å². The second-order valence-corrected chi connectivity index (χ2v) is 3.42. The van der Waals surface area contributed by atoms with Crippen LogP contribution in [0.2, 0.25) is 0 Å².